The third kappa shape index (κ3) is 5.94. The monoisotopic (exact) mass is 390 g/mol. The molecule has 0 unspecified atom stereocenters. The zero-order valence-corrected chi connectivity index (χ0v) is 15.9. The Morgan fingerprint density at radius 2 is 2.00 bits per heavy atom. The Kier molecular flexibility index (Phi) is 7.07. The Morgan fingerprint density at radius 1 is 1.19 bits per heavy atom. The number of amides is 1. The molecule has 1 atom stereocenters. The third-order valence-corrected chi connectivity index (χ3v) is 4.95. The van der Waals surface area contributed by atoms with Crippen LogP contribution in [0, 0.1) is 5.82 Å². The molecule has 1 saturated heterocycles. The van der Waals surface area contributed by atoms with Crippen LogP contribution in [-0.2, 0) is 11.3 Å². The van der Waals surface area contributed by atoms with Crippen LogP contribution in [0.3, 0.4) is 0 Å². The molecule has 0 bridgehead atoms. The number of carbonyl (C=O) groups is 1. The van der Waals surface area contributed by atoms with Gasteiger partial charge in [0.2, 0.25) is 5.91 Å². The lowest BCUT2D eigenvalue weighted by molar-refractivity contribution is -0.129. The molecule has 0 spiro atoms. The first-order chi connectivity index (χ1) is 13.1. The number of halogens is 2. The second kappa shape index (κ2) is 9.72. The average Bonchev–Trinajstić information content (AvgIpc) is 2.99. The highest BCUT2D eigenvalue weighted by Crippen LogP contribution is 2.24. The number of rotatable bonds is 9. The lowest BCUT2D eigenvalue weighted by Crippen LogP contribution is -2.35. The first-order valence-electron chi connectivity index (χ1n) is 9.25. The summed E-state index contributed by atoms with van der Waals surface area (Å²) >= 11 is 6.04. The van der Waals surface area contributed by atoms with Crippen molar-refractivity contribution in [1.82, 2.24) is 10.2 Å². The summed E-state index contributed by atoms with van der Waals surface area (Å²) in [7, 11) is 0. The molecule has 1 heterocycles. The SMILES string of the molecule is O=C1CC[C@@H](CCNCCOc2ccc(F)cc2)N1Cc1cccc(Cl)c1. The van der Waals surface area contributed by atoms with Crippen LogP contribution in [0.2, 0.25) is 5.02 Å². The zero-order chi connectivity index (χ0) is 19.1. The van der Waals surface area contributed by atoms with E-state index >= 15 is 0 Å². The first kappa shape index (κ1) is 19.6. The fourth-order valence-corrected chi connectivity index (χ4v) is 3.52. The van der Waals surface area contributed by atoms with Crippen LogP contribution in [0.5, 0.6) is 5.75 Å². The smallest absolute Gasteiger partial charge is 0.223 e. The van der Waals surface area contributed by atoms with Crippen LogP contribution in [-0.4, -0.2) is 36.5 Å². The van der Waals surface area contributed by atoms with E-state index in [0.29, 0.717) is 36.9 Å². The molecular formula is C21H24ClFN2O2. The summed E-state index contributed by atoms with van der Waals surface area (Å²) in [5, 5.41) is 4.04. The largest absolute Gasteiger partial charge is 0.492 e. The zero-order valence-electron chi connectivity index (χ0n) is 15.2. The molecule has 1 fully saturated rings. The van der Waals surface area contributed by atoms with Gasteiger partial charge in [-0.2, -0.15) is 0 Å². The highest BCUT2D eigenvalue weighted by Gasteiger charge is 2.30. The summed E-state index contributed by atoms with van der Waals surface area (Å²) in [5.41, 5.74) is 1.06. The van der Waals surface area contributed by atoms with Gasteiger partial charge in [-0.25, -0.2) is 4.39 Å². The molecule has 1 aliphatic heterocycles. The molecular weight excluding hydrogens is 367 g/mol. The first-order valence-corrected chi connectivity index (χ1v) is 9.62. The Bertz CT molecular complexity index is 754. The fraction of sp³-hybridized carbons (Fsp3) is 0.381. The number of likely N-dealkylation sites (tertiary alicyclic amines) is 1. The van der Waals surface area contributed by atoms with Crippen molar-refractivity contribution in [2.45, 2.75) is 31.8 Å². The minimum Gasteiger partial charge on any atom is -0.492 e. The number of benzene rings is 2. The van der Waals surface area contributed by atoms with E-state index < -0.39 is 0 Å². The van der Waals surface area contributed by atoms with E-state index in [2.05, 4.69) is 5.32 Å². The van der Waals surface area contributed by atoms with Gasteiger partial charge in [0, 0.05) is 30.6 Å². The highest BCUT2D eigenvalue weighted by molar-refractivity contribution is 6.30. The number of hydrogen-bond donors (Lipinski definition) is 1. The molecule has 0 saturated carbocycles. The van der Waals surface area contributed by atoms with Gasteiger partial charge in [-0.15, -0.1) is 0 Å². The van der Waals surface area contributed by atoms with Crippen molar-refractivity contribution < 1.29 is 13.9 Å². The average molecular weight is 391 g/mol. The van der Waals surface area contributed by atoms with E-state index in [1.165, 1.54) is 12.1 Å². The topological polar surface area (TPSA) is 41.6 Å². The van der Waals surface area contributed by atoms with E-state index in [1.807, 2.05) is 29.2 Å². The minimum atomic E-state index is -0.270. The fourth-order valence-electron chi connectivity index (χ4n) is 3.31. The number of hydrogen-bond acceptors (Lipinski definition) is 3. The molecule has 6 heteroatoms. The number of nitrogens with one attached hydrogen (secondary N) is 1. The molecule has 4 nitrogen and oxygen atoms in total. The Hall–Kier alpha value is -2.11. The van der Waals surface area contributed by atoms with Crippen LogP contribution in [0.1, 0.15) is 24.8 Å². The highest BCUT2D eigenvalue weighted by atomic mass is 35.5. The quantitative estimate of drug-likeness (QED) is 0.657. The standard InChI is InChI=1S/C21H24ClFN2O2/c22-17-3-1-2-16(14-17)15-25-19(6-9-21(25)26)10-11-24-12-13-27-20-7-4-18(23)5-8-20/h1-5,7-8,14,19,24H,6,9-13,15H2/t19-/m0/s1. The van der Waals surface area contributed by atoms with E-state index in [-0.39, 0.29) is 17.8 Å². The summed E-state index contributed by atoms with van der Waals surface area (Å²) in [6.45, 7) is 2.64. The summed E-state index contributed by atoms with van der Waals surface area (Å²) in [5.74, 6) is 0.598. The van der Waals surface area contributed by atoms with Crippen LogP contribution in [0.15, 0.2) is 48.5 Å². The molecule has 1 amide bonds. The predicted molar refractivity (Wildman–Crippen MR) is 104 cm³/mol. The maximum Gasteiger partial charge on any atom is 0.223 e. The van der Waals surface area contributed by atoms with E-state index in [0.717, 1.165) is 24.9 Å². The predicted octanol–water partition coefficient (Wildman–Crippen LogP) is 4.03. The van der Waals surface area contributed by atoms with Crippen molar-refractivity contribution in [3.63, 3.8) is 0 Å². The van der Waals surface area contributed by atoms with Crippen LogP contribution >= 0.6 is 11.6 Å². The molecule has 0 aromatic heterocycles. The van der Waals surface area contributed by atoms with Crippen LogP contribution in [0.25, 0.3) is 0 Å². The second-order valence-electron chi connectivity index (χ2n) is 6.69. The molecule has 144 valence electrons. The molecule has 0 aliphatic carbocycles. The Labute approximate surface area is 164 Å². The summed E-state index contributed by atoms with van der Waals surface area (Å²) in [4.78, 5) is 14.2. The van der Waals surface area contributed by atoms with Gasteiger partial charge >= 0.3 is 0 Å². The van der Waals surface area contributed by atoms with Crippen molar-refractivity contribution in [1.29, 1.82) is 0 Å². The van der Waals surface area contributed by atoms with Gasteiger partial charge in [0.1, 0.15) is 18.2 Å². The maximum atomic E-state index is 12.8. The van der Waals surface area contributed by atoms with E-state index in [4.69, 9.17) is 16.3 Å². The third-order valence-electron chi connectivity index (χ3n) is 4.71. The number of carbonyl (C=O) groups excluding carboxylic acids is 1. The lowest BCUT2D eigenvalue weighted by Gasteiger charge is -2.25. The lowest BCUT2D eigenvalue weighted by atomic mass is 10.1. The van der Waals surface area contributed by atoms with Crippen molar-refractivity contribution in [2.24, 2.45) is 0 Å². The van der Waals surface area contributed by atoms with Gasteiger partial charge in [0.25, 0.3) is 0 Å². The number of nitrogens with zero attached hydrogens (tertiary/aromatic N) is 1. The Balaban J connectivity index is 1.37. The van der Waals surface area contributed by atoms with Gasteiger partial charge in [-0.05, 0) is 61.3 Å². The van der Waals surface area contributed by atoms with Crippen LogP contribution in [0.4, 0.5) is 4.39 Å². The molecule has 1 N–H and O–H groups in total. The minimum absolute atomic E-state index is 0.208. The second-order valence-corrected chi connectivity index (χ2v) is 7.12. The molecule has 2 aromatic carbocycles. The van der Waals surface area contributed by atoms with Crippen LogP contribution < -0.4 is 10.1 Å². The summed E-state index contributed by atoms with van der Waals surface area (Å²) in [6, 6.07) is 13.9. The van der Waals surface area contributed by atoms with Gasteiger partial charge in [0.15, 0.2) is 0 Å². The number of ether oxygens (including phenoxy) is 1. The summed E-state index contributed by atoms with van der Waals surface area (Å²) in [6.07, 6.45) is 2.41. The maximum absolute atomic E-state index is 12.8. The molecule has 27 heavy (non-hydrogen) atoms. The van der Waals surface area contributed by atoms with Gasteiger partial charge < -0.3 is 15.0 Å². The summed E-state index contributed by atoms with van der Waals surface area (Å²) < 4.78 is 18.4. The van der Waals surface area contributed by atoms with Crippen molar-refractivity contribution >= 4 is 17.5 Å². The van der Waals surface area contributed by atoms with Gasteiger partial charge in [-0.3, -0.25) is 4.79 Å². The van der Waals surface area contributed by atoms with Crippen molar-refractivity contribution in [3.8, 4) is 5.75 Å². The molecule has 0 radical (unpaired) electrons. The molecule has 1 aliphatic rings. The van der Waals surface area contributed by atoms with E-state index in [9.17, 15) is 9.18 Å². The van der Waals surface area contributed by atoms with E-state index in [1.54, 1.807) is 12.1 Å². The Morgan fingerprint density at radius 3 is 2.78 bits per heavy atom. The normalized spacial score (nSPS) is 16.7. The molecule has 2 aromatic rings. The molecule has 3 rings (SSSR count). The van der Waals surface area contributed by atoms with Gasteiger partial charge in [0.05, 0.1) is 0 Å². The van der Waals surface area contributed by atoms with Crippen molar-refractivity contribution in [3.05, 3.63) is 64.9 Å². The van der Waals surface area contributed by atoms with Crippen molar-refractivity contribution in [2.75, 3.05) is 19.7 Å². The van der Waals surface area contributed by atoms with Gasteiger partial charge in [-0.1, -0.05) is 23.7 Å².